The molecule has 1 heterocycles. The van der Waals surface area contributed by atoms with Crippen molar-refractivity contribution in [1.82, 2.24) is 9.55 Å². The van der Waals surface area contributed by atoms with E-state index in [1.54, 1.807) is 11.6 Å². The normalized spacial score (nSPS) is 10.5. The van der Waals surface area contributed by atoms with E-state index in [0.29, 0.717) is 5.95 Å². The molecule has 5 nitrogen and oxygen atoms in total. The van der Waals surface area contributed by atoms with Gasteiger partial charge >= 0.3 is 6.09 Å². The Bertz CT molecular complexity index is 518. The first kappa shape index (κ1) is 9.51. The number of para-hydroxylation sites is 2. The zero-order chi connectivity index (χ0) is 11.0. The Morgan fingerprint density at radius 1 is 1.47 bits per heavy atom. The molecule has 0 atom stereocenters. The Kier molecular flexibility index (Phi) is 2.07. The Morgan fingerprint density at radius 3 is 2.73 bits per heavy atom. The molecule has 0 saturated heterocycles. The highest BCUT2D eigenvalue weighted by molar-refractivity contribution is 5.87. The maximum absolute atomic E-state index is 10.8. The number of fused-ring (bicyclic) bond motifs is 1. The highest BCUT2D eigenvalue weighted by Gasteiger charge is 2.15. The van der Waals surface area contributed by atoms with Crippen LogP contribution in [0.1, 0.15) is 0 Å². The van der Waals surface area contributed by atoms with Gasteiger partial charge in [0.25, 0.3) is 0 Å². The second-order valence-electron chi connectivity index (χ2n) is 3.30. The van der Waals surface area contributed by atoms with Crippen molar-refractivity contribution in [3.63, 3.8) is 0 Å². The first-order valence-electron chi connectivity index (χ1n) is 4.49. The molecular weight excluding hydrogens is 194 g/mol. The minimum atomic E-state index is -1.02. The van der Waals surface area contributed by atoms with Crippen molar-refractivity contribution < 1.29 is 9.90 Å². The van der Waals surface area contributed by atoms with Crippen LogP contribution in [-0.4, -0.2) is 27.8 Å². The van der Waals surface area contributed by atoms with Crippen LogP contribution in [0.15, 0.2) is 24.3 Å². The fourth-order valence-electron chi connectivity index (χ4n) is 1.52. The summed E-state index contributed by atoms with van der Waals surface area (Å²) in [6.07, 6.45) is -1.02. The predicted octanol–water partition coefficient (Wildman–Crippen LogP) is 1.69. The number of aryl methyl sites for hydroxylation is 1. The summed E-state index contributed by atoms with van der Waals surface area (Å²) in [5.41, 5.74) is 1.71. The summed E-state index contributed by atoms with van der Waals surface area (Å²) in [5, 5.41) is 8.86. The van der Waals surface area contributed by atoms with Gasteiger partial charge in [-0.1, -0.05) is 12.1 Å². The molecule has 2 rings (SSSR count). The lowest BCUT2D eigenvalue weighted by atomic mass is 10.3. The quantitative estimate of drug-likeness (QED) is 0.770. The van der Waals surface area contributed by atoms with Crippen LogP contribution in [0.3, 0.4) is 0 Å². The number of anilines is 1. The molecule has 0 spiro atoms. The van der Waals surface area contributed by atoms with Crippen molar-refractivity contribution in [2.75, 3.05) is 11.9 Å². The third-order valence-corrected chi connectivity index (χ3v) is 2.35. The largest absolute Gasteiger partial charge is 0.465 e. The molecule has 2 aromatic rings. The van der Waals surface area contributed by atoms with Gasteiger partial charge in [0.15, 0.2) is 0 Å². The van der Waals surface area contributed by atoms with Crippen LogP contribution in [0.25, 0.3) is 11.0 Å². The van der Waals surface area contributed by atoms with Crippen LogP contribution in [-0.2, 0) is 7.05 Å². The van der Waals surface area contributed by atoms with Gasteiger partial charge in [0.1, 0.15) is 0 Å². The van der Waals surface area contributed by atoms with Gasteiger partial charge < -0.3 is 9.67 Å². The molecule has 1 aromatic carbocycles. The van der Waals surface area contributed by atoms with Crippen LogP contribution < -0.4 is 4.90 Å². The number of hydrogen-bond acceptors (Lipinski definition) is 2. The summed E-state index contributed by atoms with van der Waals surface area (Å²) in [4.78, 5) is 16.1. The van der Waals surface area contributed by atoms with E-state index in [1.165, 1.54) is 7.05 Å². The average molecular weight is 205 g/mol. The van der Waals surface area contributed by atoms with Crippen molar-refractivity contribution in [1.29, 1.82) is 0 Å². The van der Waals surface area contributed by atoms with Gasteiger partial charge in [-0.15, -0.1) is 0 Å². The maximum atomic E-state index is 10.8. The third kappa shape index (κ3) is 1.41. The Balaban J connectivity index is 2.63. The third-order valence-electron chi connectivity index (χ3n) is 2.35. The van der Waals surface area contributed by atoms with Gasteiger partial charge in [0.2, 0.25) is 5.95 Å². The highest BCUT2D eigenvalue weighted by atomic mass is 16.4. The lowest BCUT2D eigenvalue weighted by Gasteiger charge is -2.11. The summed E-state index contributed by atoms with van der Waals surface area (Å²) in [6.45, 7) is 0. The highest BCUT2D eigenvalue weighted by Crippen LogP contribution is 2.19. The number of hydrogen-bond donors (Lipinski definition) is 1. The zero-order valence-electron chi connectivity index (χ0n) is 8.51. The van der Waals surface area contributed by atoms with E-state index in [0.717, 1.165) is 15.9 Å². The molecular formula is C10H11N3O2. The maximum Gasteiger partial charge on any atom is 0.413 e. The molecule has 0 aliphatic heterocycles. The van der Waals surface area contributed by atoms with Crippen molar-refractivity contribution >= 4 is 23.1 Å². The van der Waals surface area contributed by atoms with Crippen molar-refractivity contribution in [3.05, 3.63) is 24.3 Å². The van der Waals surface area contributed by atoms with Gasteiger partial charge in [-0.25, -0.2) is 9.78 Å². The van der Waals surface area contributed by atoms with Crippen LogP contribution in [0, 0.1) is 0 Å². The molecule has 0 aliphatic carbocycles. The van der Waals surface area contributed by atoms with E-state index in [9.17, 15) is 4.79 Å². The van der Waals surface area contributed by atoms with Gasteiger partial charge in [-0.3, -0.25) is 4.90 Å². The molecule has 0 radical (unpaired) electrons. The predicted molar refractivity (Wildman–Crippen MR) is 57.1 cm³/mol. The molecule has 0 aliphatic rings. The molecule has 1 N–H and O–H groups in total. The average Bonchev–Trinajstić information content (AvgIpc) is 2.56. The van der Waals surface area contributed by atoms with E-state index in [2.05, 4.69) is 4.98 Å². The van der Waals surface area contributed by atoms with Gasteiger partial charge in [-0.2, -0.15) is 0 Å². The SMILES string of the molecule is CN(C(=O)O)c1nc2ccccc2n1C. The van der Waals surface area contributed by atoms with E-state index in [1.807, 2.05) is 24.3 Å². The minimum Gasteiger partial charge on any atom is -0.465 e. The first-order valence-corrected chi connectivity index (χ1v) is 4.49. The standard InChI is InChI=1S/C10H11N3O2/c1-12-8-6-4-3-5-7(8)11-9(12)13(2)10(14)15/h3-6H,1-2H3,(H,14,15). The number of benzene rings is 1. The van der Waals surface area contributed by atoms with E-state index in [4.69, 9.17) is 5.11 Å². The molecule has 0 fully saturated rings. The first-order chi connectivity index (χ1) is 7.11. The summed E-state index contributed by atoms with van der Waals surface area (Å²) >= 11 is 0. The topological polar surface area (TPSA) is 58.4 Å². The fraction of sp³-hybridized carbons (Fsp3) is 0.200. The number of nitrogens with zero attached hydrogens (tertiary/aromatic N) is 3. The van der Waals surface area contributed by atoms with E-state index in [-0.39, 0.29) is 0 Å². The number of carboxylic acid groups (broad SMARTS) is 1. The summed E-state index contributed by atoms with van der Waals surface area (Å²) < 4.78 is 1.75. The fourth-order valence-corrected chi connectivity index (χ4v) is 1.52. The van der Waals surface area contributed by atoms with Gasteiger partial charge in [-0.05, 0) is 12.1 Å². The number of amides is 1. The molecule has 0 unspecified atom stereocenters. The smallest absolute Gasteiger partial charge is 0.413 e. The zero-order valence-corrected chi connectivity index (χ0v) is 8.51. The second-order valence-corrected chi connectivity index (χ2v) is 3.30. The Morgan fingerprint density at radius 2 is 2.13 bits per heavy atom. The van der Waals surface area contributed by atoms with E-state index < -0.39 is 6.09 Å². The van der Waals surface area contributed by atoms with Crippen molar-refractivity contribution in [2.24, 2.45) is 7.05 Å². The number of imidazole rings is 1. The lowest BCUT2D eigenvalue weighted by molar-refractivity contribution is 0.203. The number of aromatic nitrogens is 2. The Labute approximate surface area is 86.6 Å². The van der Waals surface area contributed by atoms with Crippen LogP contribution in [0.5, 0.6) is 0 Å². The Hall–Kier alpha value is -2.04. The number of carbonyl (C=O) groups is 1. The molecule has 0 saturated carbocycles. The van der Waals surface area contributed by atoms with E-state index >= 15 is 0 Å². The molecule has 78 valence electrons. The summed E-state index contributed by atoms with van der Waals surface area (Å²) in [5.74, 6) is 0.420. The number of rotatable bonds is 1. The molecule has 1 aromatic heterocycles. The molecule has 1 amide bonds. The lowest BCUT2D eigenvalue weighted by Crippen LogP contribution is -2.26. The van der Waals surface area contributed by atoms with Crippen LogP contribution >= 0.6 is 0 Å². The van der Waals surface area contributed by atoms with Gasteiger partial charge in [0, 0.05) is 14.1 Å². The summed E-state index contributed by atoms with van der Waals surface area (Å²) in [6, 6.07) is 7.53. The summed E-state index contributed by atoms with van der Waals surface area (Å²) in [7, 11) is 3.27. The molecule has 0 bridgehead atoms. The molecule has 15 heavy (non-hydrogen) atoms. The van der Waals surface area contributed by atoms with Gasteiger partial charge in [0.05, 0.1) is 11.0 Å². The minimum absolute atomic E-state index is 0.420. The second kappa shape index (κ2) is 3.27. The van der Waals surface area contributed by atoms with Crippen molar-refractivity contribution in [3.8, 4) is 0 Å². The monoisotopic (exact) mass is 205 g/mol. The molecule has 5 heteroatoms. The van der Waals surface area contributed by atoms with Crippen LogP contribution in [0.2, 0.25) is 0 Å². The van der Waals surface area contributed by atoms with Crippen LogP contribution in [0.4, 0.5) is 10.7 Å². The van der Waals surface area contributed by atoms with Crippen molar-refractivity contribution in [2.45, 2.75) is 0 Å².